The second-order valence-electron chi connectivity index (χ2n) is 13.9. The predicted octanol–water partition coefficient (Wildman–Crippen LogP) is 6.02. The molecule has 2 aliphatic heterocycles. The fourth-order valence-corrected chi connectivity index (χ4v) is 7.95. The van der Waals surface area contributed by atoms with Crippen LogP contribution in [0.2, 0.25) is 0 Å². The van der Waals surface area contributed by atoms with Crippen molar-refractivity contribution in [3.05, 3.63) is 83.3 Å². The number of amides is 2. The number of hydrogen-bond acceptors (Lipinski definition) is 6. The number of carbonyl (C=O) groups excluding carboxylic acids is 2. The molecule has 2 aromatic heterocycles. The summed E-state index contributed by atoms with van der Waals surface area (Å²) < 4.78 is 19.6. The lowest BCUT2D eigenvalue weighted by atomic mass is 9.77. The number of pyridine rings is 1. The zero-order chi connectivity index (χ0) is 32.9. The number of nitrogens with zero attached hydrogens (tertiary/aromatic N) is 3. The molecule has 0 radical (unpaired) electrons. The van der Waals surface area contributed by atoms with Crippen LogP contribution >= 0.6 is 0 Å². The van der Waals surface area contributed by atoms with Gasteiger partial charge in [-0.05, 0) is 98.0 Å². The molecule has 1 saturated carbocycles. The van der Waals surface area contributed by atoms with E-state index in [1.54, 1.807) is 0 Å². The predicted molar refractivity (Wildman–Crippen MR) is 183 cm³/mol. The Balaban J connectivity index is 1.07. The molecular formula is C38H41FN6O3. The summed E-state index contributed by atoms with van der Waals surface area (Å²) in [6, 6.07) is 17.9. The molecule has 2 aromatic carbocycles. The van der Waals surface area contributed by atoms with Crippen LogP contribution in [0.1, 0.15) is 60.5 Å². The summed E-state index contributed by atoms with van der Waals surface area (Å²) in [7, 11) is 0. The highest BCUT2D eigenvalue weighted by atomic mass is 19.1. The Morgan fingerprint density at radius 2 is 1.85 bits per heavy atom. The van der Waals surface area contributed by atoms with E-state index in [1.807, 2.05) is 50.4 Å². The Kier molecular flexibility index (Phi) is 7.99. The van der Waals surface area contributed by atoms with Crippen molar-refractivity contribution in [1.82, 2.24) is 20.5 Å². The standard InChI is InChI=1S/C38H41FN6O3/c1-21-36(22(2)44-43-21)24-8-10-28(11-9-24)41-38(47)37(42-35(46)17-27-15-33(27)39)31-5-3-4-23-6-7-25(14-32(23)31)26-12-13-40-34(16-26)45-19-30-18-29(45)20-48-30/h6-14,16,27,29-31,33,37H,3-5,15,17-20H2,1-2H3,(H,41,47)(H,42,46)(H,43,44)/t27?,29-,30-,31+,33?,37-/m0/s1. The van der Waals surface area contributed by atoms with Gasteiger partial charge in [0.25, 0.3) is 0 Å². The number of morpholine rings is 1. The van der Waals surface area contributed by atoms with E-state index >= 15 is 0 Å². The third-order valence-corrected chi connectivity index (χ3v) is 10.6. The van der Waals surface area contributed by atoms with Crippen LogP contribution in [-0.4, -0.2) is 64.5 Å². The minimum Gasteiger partial charge on any atom is -0.374 e. The van der Waals surface area contributed by atoms with Crippen LogP contribution in [0.5, 0.6) is 0 Å². The first-order valence-corrected chi connectivity index (χ1v) is 17.1. The lowest BCUT2D eigenvalue weighted by Crippen LogP contribution is -2.48. The van der Waals surface area contributed by atoms with Gasteiger partial charge in [0.05, 0.1) is 24.4 Å². The second-order valence-corrected chi connectivity index (χ2v) is 13.9. The zero-order valence-electron chi connectivity index (χ0n) is 27.3. The summed E-state index contributed by atoms with van der Waals surface area (Å²) in [4.78, 5) is 34.4. The molecule has 2 amide bonds. The van der Waals surface area contributed by atoms with Gasteiger partial charge in [0, 0.05) is 47.9 Å². The molecule has 9 nitrogen and oxygen atoms in total. The lowest BCUT2D eigenvalue weighted by molar-refractivity contribution is -0.127. The number of halogens is 1. The highest BCUT2D eigenvalue weighted by Crippen LogP contribution is 2.40. The first kappa shape index (κ1) is 30.7. The van der Waals surface area contributed by atoms with Crippen LogP contribution in [0, 0.1) is 19.8 Å². The molecule has 248 valence electrons. The van der Waals surface area contributed by atoms with Gasteiger partial charge in [-0.15, -0.1) is 0 Å². The van der Waals surface area contributed by atoms with Crippen molar-refractivity contribution in [2.45, 2.75) is 82.6 Å². The minimum atomic E-state index is -0.935. The van der Waals surface area contributed by atoms with E-state index in [1.165, 1.54) is 5.56 Å². The number of aryl methyl sites for hydroxylation is 3. The molecular weight excluding hydrogens is 607 g/mol. The molecule has 2 bridgehead atoms. The first-order chi connectivity index (χ1) is 23.3. The maximum absolute atomic E-state index is 14.1. The molecule has 2 unspecified atom stereocenters. The summed E-state index contributed by atoms with van der Waals surface area (Å²) in [5, 5.41) is 13.5. The third-order valence-electron chi connectivity index (χ3n) is 10.6. The largest absolute Gasteiger partial charge is 0.374 e. The fraction of sp³-hybridized carbons (Fsp3) is 0.421. The van der Waals surface area contributed by atoms with Crippen LogP contribution < -0.4 is 15.5 Å². The Morgan fingerprint density at radius 3 is 2.56 bits per heavy atom. The zero-order valence-corrected chi connectivity index (χ0v) is 27.3. The average molecular weight is 649 g/mol. The van der Waals surface area contributed by atoms with Gasteiger partial charge in [0.15, 0.2) is 0 Å². The Morgan fingerprint density at radius 1 is 1.06 bits per heavy atom. The molecule has 48 heavy (non-hydrogen) atoms. The van der Waals surface area contributed by atoms with Crippen LogP contribution in [-0.2, 0) is 20.7 Å². The highest BCUT2D eigenvalue weighted by Gasteiger charge is 2.41. The van der Waals surface area contributed by atoms with Gasteiger partial charge in [-0.3, -0.25) is 14.7 Å². The number of H-pyrrole nitrogens is 1. The number of benzene rings is 2. The van der Waals surface area contributed by atoms with Crippen molar-refractivity contribution in [2.24, 2.45) is 5.92 Å². The molecule has 3 N–H and O–H groups in total. The van der Waals surface area contributed by atoms with Gasteiger partial charge >= 0.3 is 0 Å². The van der Waals surface area contributed by atoms with Crippen LogP contribution in [0.15, 0.2) is 60.8 Å². The van der Waals surface area contributed by atoms with Crippen LogP contribution in [0.3, 0.4) is 0 Å². The van der Waals surface area contributed by atoms with Crippen molar-refractivity contribution in [3.8, 4) is 22.3 Å². The van der Waals surface area contributed by atoms with E-state index < -0.39 is 12.2 Å². The Hall–Kier alpha value is -4.57. The SMILES string of the molecule is Cc1n[nH]c(C)c1-c1ccc(NC(=O)[C@@H](NC(=O)CC2CC2F)[C@@H]2CCCc3ccc(-c4ccnc(N5C[C@@H]6C[C@H]5CO6)c4)cc32)cc1. The number of rotatable bonds is 9. The molecule has 8 rings (SSSR count). The number of anilines is 2. The molecule has 4 aliphatic rings. The van der Waals surface area contributed by atoms with Gasteiger partial charge in [0.2, 0.25) is 11.8 Å². The molecule has 6 atom stereocenters. The lowest BCUT2D eigenvalue weighted by Gasteiger charge is -2.33. The summed E-state index contributed by atoms with van der Waals surface area (Å²) in [5.41, 5.74) is 8.95. The maximum Gasteiger partial charge on any atom is 0.247 e. The number of ether oxygens (including phenoxy) is 1. The molecule has 4 aromatic rings. The van der Waals surface area contributed by atoms with E-state index in [-0.39, 0.29) is 36.2 Å². The maximum atomic E-state index is 14.1. The monoisotopic (exact) mass is 648 g/mol. The normalized spacial score (nSPS) is 24.6. The number of aromatic nitrogens is 3. The number of carbonyl (C=O) groups is 2. The topological polar surface area (TPSA) is 112 Å². The highest BCUT2D eigenvalue weighted by molar-refractivity contribution is 5.98. The number of fused-ring (bicyclic) bond motifs is 3. The van der Waals surface area contributed by atoms with Gasteiger partial charge in [-0.2, -0.15) is 5.10 Å². The third kappa shape index (κ3) is 5.98. The van der Waals surface area contributed by atoms with E-state index in [0.29, 0.717) is 18.2 Å². The fourth-order valence-electron chi connectivity index (χ4n) is 7.95. The average Bonchev–Trinajstić information content (AvgIpc) is 3.43. The summed E-state index contributed by atoms with van der Waals surface area (Å²) in [6.07, 6.45) is 5.31. The summed E-state index contributed by atoms with van der Waals surface area (Å²) in [5.74, 6) is -0.106. The van der Waals surface area contributed by atoms with Gasteiger partial charge in [-0.1, -0.05) is 30.3 Å². The molecule has 2 aliphatic carbocycles. The van der Waals surface area contributed by atoms with E-state index in [0.717, 1.165) is 83.9 Å². The first-order valence-electron chi connectivity index (χ1n) is 17.1. The van der Waals surface area contributed by atoms with Gasteiger partial charge in [-0.25, -0.2) is 9.37 Å². The molecule has 10 heteroatoms. The smallest absolute Gasteiger partial charge is 0.247 e. The van der Waals surface area contributed by atoms with E-state index in [2.05, 4.69) is 50.0 Å². The number of hydrogen-bond donors (Lipinski definition) is 3. The number of aromatic amines is 1. The van der Waals surface area contributed by atoms with Crippen molar-refractivity contribution >= 4 is 23.3 Å². The molecule has 0 spiro atoms. The van der Waals surface area contributed by atoms with Crippen molar-refractivity contribution in [1.29, 1.82) is 0 Å². The second kappa shape index (κ2) is 12.5. The quantitative estimate of drug-likeness (QED) is 0.205. The van der Waals surface area contributed by atoms with Gasteiger partial charge < -0.3 is 20.3 Å². The minimum absolute atomic E-state index is 0.0891. The molecule has 4 heterocycles. The van der Waals surface area contributed by atoms with Gasteiger partial charge in [0.1, 0.15) is 18.0 Å². The molecule has 2 saturated heterocycles. The van der Waals surface area contributed by atoms with Crippen LogP contribution in [0.4, 0.5) is 15.9 Å². The molecule has 3 fully saturated rings. The summed E-state index contributed by atoms with van der Waals surface area (Å²) in [6.45, 7) is 5.55. The Labute approximate surface area is 279 Å². The summed E-state index contributed by atoms with van der Waals surface area (Å²) >= 11 is 0. The van der Waals surface area contributed by atoms with Crippen molar-refractivity contribution in [2.75, 3.05) is 23.4 Å². The Bertz CT molecular complexity index is 1840. The van der Waals surface area contributed by atoms with E-state index in [9.17, 15) is 14.0 Å². The van der Waals surface area contributed by atoms with E-state index in [4.69, 9.17) is 9.72 Å². The van der Waals surface area contributed by atoms with Crippen molar-refractivity contribution in [3.63, 3.8) is 0 Å². The van der Waals surface area contributed by atoms with Crippen molar-refractivity contribution < 1.29 is 18.7 Å². The number of nitrogens with one attached hydrogen (secondary N) is 3. The van der Waals surface area contributed by atoms with Crippen LogP contribution in [0.25, 0.3) is 22.3 Å². The number of alkyl halides is 1.